The molecule has 3 heteroatoms. The lowest BCUT2D eigenvalue weighted by molar-refractivity contribution is -0.280. The standard InChI is InChI=1S/C19H28O3/c1-4-5-6-16-8-10-17(11-9-16)21-22-19(20)18-12-7-14(2)13-15(18)3/h7,12-13,16-17H,4-6,8-11H2,1-3H3. The first kappa shape index (κ1) is 17.0. The summed E-state index contributed by atoms with van der Waals surface area (Å²) in [6.45, 7) is 6.17. The molecule has 3 nitrogen and oxygen atoms in total. The van der Waals surface area contributed by atoms with Gasteiger partial charge >= 0.3 is 5.97 Å². The fourth-order valence-electron chi connectivity index (χ4n) is 3.21. The highest BCUT2D eigenvalue weighted by atomic mass is 17.2. The predicted octanol–water partition coefficient (Wildman–Crippen LogP) is 5.14. The van der Waals surface area contributed by atoms with Crippen LogP contribution in [0.1, 0.15) is 73.4 Å². The van der Waals surface area contributed by atoms with E-state index in [2.05, 4.69) is 6.92 Å². The molecule has 1 fully saturated rings. The molecule has 0 bridgehead atoms. The van der Waals surface area contributed by atoms with Gasteiger partial charge in [-0.2, -0.15) is 4.89 Å². The Bertz CT molecular complexity index is 487. The van der Waals surface area contributed by atoms with Gasteiger partial charge < -0.3 is 0 Å². The molecule has 0 heterocycles. The minimum atomic E-state index is -0.384. The summed E-state index contributed by atoms with van der Waals surface area (Å²) in [4.78, 5) is 22.5. The maximum absolute atomic E-state index is 12.1. The molecule has 1 aliphatic rings. The molecule has 0 aliphatic heterocycles. The first-order valence-electron chi connectivity index (χ1n) is 8.55. The number of carbonyl (C=O) groups excluding carboxylic acids is 1. The van der Waals surface area contributed by atoms with Crippen LogP contribution >= 0.6 is 0 Å². The number of rotatable bonds is 6. The van der Waals surface area contributed by atoms with Gasteiger partial charge in [-0.25, -0.2) is 4.79 Å². The SMILES string of the molecule is CCCCC1CCC(OOC(=O)c2ccc(C)cc2C)CC1. The average Bonchev–Trinajstić information content (AvgIpc) is 2.51. The molecule has 122 valence electrons. The van der Waals surface area contributed by atoms with Crippen molar-refractivity contribution < 1.29 is 14.6 Å². The highest BCUT2D eigenvalue weighted by Crippen LogP contribution is 2.30. The first-order valence-corrected chi connectivity index (χ1v) is 8.55. The Kier molecular flexibility index (Phi) is 6.44. The molecule has 0 spiro atoms. The Morgan fingerprint density at radius 2 is 1.91 bits per heavy atom. The lowest BCUT2D eigenvalue weighted by atomic mass is 9.84. The second-order valence-corrected chi connectivity index (χ2v) is 6.57. The van der Waals surface area contributed by atoms with Gasteiger partial charge in [0.05, 0.1) is 5.56 Å². The smallest absolute Gasteiger partial charge is 0.293 e. The molecule has 0 N–H and O–H groups in total. The van der Waals surface area contributed by atoms with Crippen molar-refractivity contribution in [3.63, 3.8) is 0 Å². The number of hydrogen-bond donors (Lipinski definition) is 0. The van der Waals surface area contributed by atoms with Crippen molar-refractivity contribution in [1.29, 1.82) is 0 Å². The Labute approximate surface area is 133 Å². The van der Waals surface area contributed by atoms with Crippen molar-refractivity contribution in [2.24, 2.45) is 5.92 Å². The summed E-state index contributed by atoms with van der Waals surface area (Å²) in [6, 6.07) is 5.70. The van der Waals surface area contributed by atoms with Crippen molar-refractivity contribution >= 4 is 5.97 Å². The quantitative estimate of drug-likeness (QED) is 0.539. The van der Waals surface area contributed by atoms with Crippen LogP contribution in [0.15, 0.2) is 18.2 Å². The van der Waals surface area contributed by atoms with Gasteiger partial charge in [-0.1, -0.05) is 43.9 Å². The third-order valence-corrected chi connectivity index (χ3v) is 4.62. The lowest BCUT2D eigenvalue weighted by Crippen LogP contribution is -2.23. The topological polar surface area (TPSA) is 35.5 Å². The molecule has 1 aromatic rings. The Balaban J connectivity index is 1.75. The van der Waals surface area contributed by atoms with E-state index in [-0.39, 0.29) is 12.1 Å². The summed E-state index contributed by atoms with van der Waals surface area (Å²) < 4.78 is 0. The Morgan fingerprint density at radius 3 is 2.55 bits per heavy atom. The van der Waals surface area contributed by atoms with Gasteiger partial charge in [0.25, 0.3) is 0 Å². The van der Waals surface area contributed by atoms with Crippen LogP contribution in [0, 0.1) is 19.8 Å². The van der Waals surface area contributed by atoms with Crippen LogP contribution in [0.4, 0.5) is 0 Å². The average molecular weight is 304 g/mol. The summed E-state index contributed by atoms with van der Waals surface area (Å²) in [5.74, 6) is 0.445. The minimum absolute atomic E-state index is 0.0626. The van der Waals surface area contributed by atoms with Crippen LogP contribution in [0.5, 0.6) is 0 Å². The summed E-state index contributed by atoms with van der Waals surface area (Å²) in [6.07, 6.45) is 8.33. The number of unbranched alkanes of at least 4 members (excludes halogenated alkanes) is 1. The Hall–Kier alpha value is -1.35. The maximum atomic E-state index is 12.1. The zero-order chi connectivity index (χ0) is 15.9. The summed E-state index contributed by atoms with van der Waals surface area (Å²) in [7, 11) is 0. The van der Waals surface area contributed by atoms with Gasteiger partial charge in [0.15, 0.2) is 0 Å². The van der Waals surface area contributed by atoms with Crippen LogP contribution in [0.2, 0.25) is 0 Å². The van der Waals surface area contributed by atoms with Crippen molar-refractivity contribution in [3.8, 4) is 0 Å². The second-order valence-electron chi connectivity index (χ2n) is 6.57. The fourth-order valence-corrected chi connectivity index (χ4v) is 3.21. The molecule has 0 aromatic heterocycles. The van der Waals surface area contributed by atoms with Crippen LogP contribution in [-0.2, 0) is 9.78 Å². The van der Waals surface area contributed by atoms with E-state index in [1.807, 2.05) is 26.0 Å². The van der Waals surface area contributed by atoms with E-state index in [1.165, 1.54) is 32.1 Å². The highest BCUT2D eigenvalue weighted by Gasteiger charge is 2.23. The van der Waals surface area contributed by atoms with Crippen LogP contribution in [0.25, 0.3) is 0 Å². The Morgan fingerprint density at radius 1 is 1.18 bits per heavy atom. The molecule has 22 heavy (non-hydrogen) atoms. The monoisotopic (exact) mass is 304 g/mol. The minimum Gasteiger partial charge on any atom is -0.293 e. The van der Waals surface area contributed by atoms with Gasteiger partial charge in [0.1, 0.15) is 6.10 Å². The van der Waals surface area contributed by atoms with E-state index in [0.29, 0.717) is 5.56 Å². The number of carbonyl (C=O) groups is 1. The van der Waals surface area contributed by atoms with Gasteiger partial charge in [-0.05, 0) is 57.1 Å². The molecular weight excluding hydrogens is 276 g/mol. The molecule has 0 unspecified atom stereocenters. The predicted molar refractivity (Wildman–Crippen MR) is 87.7 cm³/mol. The second kappa shape index (κ2) is 8.33. The van der Waals surface area contributed by atoms with Crippen molar-refractivity contribution in [2.45, 2.75) is 71.8 Å². The molecule has 0 radical (unpaired) electrons. The molecule has 0 atom stereocenters. The molecule has 0 amide bonds. The van der Waals surface area contributed by atoms with E-state index in [4.69, 9.17) is 9.78 Å². The van der Waals surface area contributed by atoms with Crippen molar-refractivity contribution in [2.75, 3.05) is 0 Å². The lowest BCUT2D eigenvalue weighted by Gasteiger charge is -2.27. The summed E-state index contributed by atoms with van der Waals surface area (Å²) in [5.41, 5.74) is 2.65. The van der Waals surface area contributed by atoms with Crippen LogP contribution in [-0.4, -0.2) is 12.1 Å². The van der Waals surface area contributed by atoms with E-state index in [0.717, 1.165) is 29.9 Å². The summed E-state index contributed by atoms with van der Waals surface area (Å²) in [5, 5.41) is 0. The van der Waals surface area contributed by atoms with Crippen LogP contribution < -0.4 is 0 Å². The molecule has 1 saturated carbocycles. The fraction of sp³-hybridized carbons (Fsp3) is 0.632. The zero-order valence-corrected chi connectivity index (χ0v) is 14.1. The van der Waals surface area contributed by atoms with E-state index in [1.54, 1.807) is 6.07 Å². The van der Waals surface area contributed by atoms with E-state index >= 15 is 0 Å². The highest BCUT2D eigenvalue weighted by molar-refractivity contribution is 5.90. The number of aryl methyl sites for hydroxylation is 2. The zero-order valence-electron chi connectivity index (χ0n) is 14.1. The van der Waals surface area contributed by atoms with Crippen molar-refractivity contribution in [3.05, 3.63) is 34.9 Å². The van der Waals surface area contributed by atoms with Gasteiger partial charge in [-0.3, -0.25) is 4.89 Å². The largest absolute Gasteiger partial charge is 0.373 e. The van der Waals surface area contributed by atoms with Gasteiger partial charge in [0.2, 0.25) is 0 Å². The maximum Gasteiger partial charge on any atom is 0.373 e. The van der Waals surface area contributed by atoms with Gasteiger partial charge in [0, 0.05) is 0 Å². The van der Waals surface area contributed by atoms with Gasteiger partial charge in [-0.15, -0.1) is 0 Å². The van der Waals surface area contributed by atoms with Crippen molar-refractivity contribution in [1.82, 2.24) is 0 Å². The number of hydrogen-bond acceptors (Lipinski definition) is 3. The third-order valence-electron chi connectivity index (χ3n) is 4.62. The molecule has 2 rings (SSSR count). The van der Waals surface area contributed by atoms with E-state index < -0.39 is 0 Å². The first-order chi connectivity index (χ1) is 10.6. The normalized spacial score (nSPS) is 21.6. The summed E-state index contributed by atoms with van der Waals surface area (Å²) >= 11 is 0. The molecular formula is C19H28O3. The molecule has 1 aromatic carbocycles. The van der Waals surface area contributed by atoms with Crippen LogP contribution in [0.3, 0.4) is 0 Å². The molecule has 1 aliphatic carbocycles. The molecule has 0 saturated heterocycles. The third kappa shape index (κ3) is 4.84. The van der Waals surface area contributed by atoms with E-state index in [9.17, 15) is 4.79 Å². The number of benzene rings is 1.